The van der Waals surface area contributed by atoms with Crippen LogP contribution in [0.4, 0.5) is 0 Å². The molecule has 0 fully saturated rings. The van der Waals surface area contributed by atoms with Gasteiger partial charge in [0.1, 0.15) is 31.5 Å². The number of benzene rings is 2. The number of rotatable bonds is 14. The van der Waals surface area contributed by atoms with E-state index < -0.39 is 0 Å². The molecule has 2 N–H and O–H groups in total. The number of esters is 2. The van der Waals surface area contributed by atoms with Gasteiger partial charge in [-0.2, -0.15) is 0 Å². The fourth-order valence-electron chi connectivity index (χ4n) is 4.46. The van der Waals surface area contributed by atoms with Crippen LogP contribution in [0.25, 0.3) is 0 Å². The van der Waals surface area contributed by atoms with Crippen molar-refractivity contribution < 1.29 is 38.7 Å². The molecule has 0 heterocycles. The Balaban J connectivity index is 1.57. The number of ether oxygens (including phenoxy) is 4. The van der Waals surface area contributed by atoms with Gasteiger partial charge in [0.25, 0.3) is 0 Å². The molecule has 0 bridgehead atoms. The largest absolute Gasteiger partial charge is 0.507 e. The molecule has 0 amide bonds. The van der Waals surface area contributed by atoms with Crippen molar-refractivity contribution in [3.8, 4) is 11.5 Å². The molecular formula is C33H48O8. The Morgan fingerprint density at radius 2 is 1.00 bits per heavy atom. The molecule has 2 aromatic carbocycles. The molecule has 41 heavy (non-hydrogen) atoms. The number of carbonyl (C=O) groups excluding carboxylic acids is 2. The van der Waals surface area contributed by atoms with Gasteiger partial charge in [0, 0.05) is 12.8 Å². The van der Waals surface area contributed by atoms with Gasteiger partial charge in [-0.05, 0) is 59.8 Å². The van der Waals surface area contributed by atoms with Crippen LogP contribution in [0.2, 0.25) is 0 Å². The summed E-state index contributed by atoms with van der Waals surface area (Å²) >= 11 is 0. The molecule has 228 valence electrons. The Kier molecular flexibility index (Phi) is 12.7. The van der Waals surface area contributed by atoms with E-state index in [4.69, 9.17) is 18.9 Å². The van der Waals surface area contributed by atoms with Crippen LogP contribution in [-0.2, 0) is 52.2 Å². The number of hydrogen-bond donors (Lipinski definition) is 2. The summed E-state index contributed by atoms with van der Waals surface area (Å²) < 4.78 is 21.0. The van der Waals surface area contributed by atoms with Crippen LogP contribution in [0, 0.1) is 13.8 Å². The second-order valence-electron chi connectivity index (χ2n) is 12.5. The van der Waals surface area contributed by atoms with Gasteiger partial charge in [-0.25, -0.2) is 0 Å². The number of phenols is 2. The lowest BCUT2D eigenvalue weighted by Gasteiger charge is -2.23. The Morgan fingerprint density at radius 1 is 0.634 bits per heavy atom. The van der Waals surface area contributed by atoms with E-state index >= 15 is 0 Å². The van der Waals surface area contributed by atoms with E-state index in [9.17, 15) is 19.8 Å². The minimum Gasteiger partial charge on any atom is -0.507 e. The summed E-state index contributed by atoms with van der Waals surface area (Å²) in [5.74, 6) is -0.258. The summed E-state index contributed by atoms with van der Waals surface area (Å²) in [6.45, 7) is 16.7. The van der Waals surface area contributed by atoms with Gasteiger partial charge in [-0.3, -0.25) is 9.59 Å². The topological polar surface area (TPSA) is 112 Å². The first kappa shape index (κ1) is 34.1. The van der Waals surface area contributed by atoms with Gasteiger partial charge in [-0.15, -0.1) is 0 Å². The summed E-state index contributed by atoms with van der Waals surface area (Å²) in [6.07, 6.45) is 1.10. The molecule has 2 rings (SSSR count). The van der Waals surface area contributed by atoms with Gasteiger partial charge in [0.2, 0.25) is 0 Å². The highest BCUT2D eigenvalue weighted by Crippen LogP contribution is 2.36. The van der Waals surface area contributed by atoms with E-state index in [0.29, 0.717) is 12.8 Å². The molecule has 2 aromatic rings. The molecule has 0 aliphatic heterocycles. The molecule has 0 spiro atoms. The van der Waals surface area contributed by atoms with Crippen LogP contribution in [0.1, 0.15) is 87.8 Å². The second kappa shape index (κ2) is 15.2. The maximum Gasteiger partial charge on any atom is 0.306 e. The van der Waals surface area contributed by atoms with Gasteiger partial charge in [0.05, 0.1) is 13.2 Å². The molecule has 0 aliphatic carbocycles. The minimum absolute atomic E-state index is 0.0193. The van der Waals surface area contributed by atoms with Crippen molar-refractivity contribution in [3.63, 3.8) is 0 Å². The highest BCUT2D eigenvalue weighted by molar-refractivity contribution is 5.70. The van der Waals surface area contributed by atoms with E-state index in [1.165, 1.54) is 0 Å². The molecule has 0 radical (unpaired) electrons. The summed E-state index contributed by atoms with van der Waals surface area (Å²) in [5, 5.41) is 21.3. The summed E-state index contributed by atoms with van der Waals surface area (Å²) in [7, 11) is 0. The Labute approximate surface area is 245 Å². The molecule has 8 nitrogen and oxygen atoms in total. The zero-order valence-electron chi connectivity index (χ0n) is 26.0. The highest BCUT2D eigenvalue weighted by atomic mass is 16.7. The third-order valence-corrected chi connectivity index (χ3v) is 6.63. The molecule has 0 aliphatic rings. The maximum atomic E-state index is 12.1. The predicted molar refractivity (Wildman–Crippen MR) is 158 cm³/mol. The smallest absolute Gasteiger partial charge is 0.306 e. The molecule has 0 saturated carbocycles. The standard InChI is InChI=1S/C33H48O8/c1-22-17-24(30(36)26(19-22)32(3,4)5)9-11-28(34)40-15-13-38-21-39-14-16-41-29(35)12-10-25-18-23(2)20-27(31(25)37)33(6,7)8/h17-20,36-37H,9-16,21H2,1-8H3. The summed E-state index contributed by atoms with van der Waals surface area (Å²) in [5.41, 5.74) is 4.88. The van der Waals surface area contributed by atoms with Crippen molar-refractivity contribution in [2.45, 2.75) is 91.9 Å². The zero-order valence-corrected chi connectivity index (χ0v) is 26.0. The van der Waals surface area contributed by atoms with Gasteiger partial charge in [0.15, 0.2) is 0 Å². The van der Waals surface area contributed by atoms with Crippen molar-refractivity contribution in [1.82, 2.24) is 0 Å². The summed E-state index contributed by atoms with van der Waals surface area (Å²) in [6, 6.07) is 7.74. The highest BCUT2D eigenvalue weighted by Gasteiger charge is 2.22. The number of hydrogen-bond acceptors (Lipinski definition) is 8. The third-order valence-electron chi connectivity index (χ3n) is 6.63. The third kappa shape index (κ3) is 11.4. The Hall–Kier alpha value is -3.10. The van der Waals surface area contributed by atoms with E-state index in [2.05, 4.69) is 0 Å². The first-order valence-corrected chi connectivity index (χ1v) is 14.2. The summed E-state index contributed by atoms with van der Waals surface area (Å²) in [4.78, 5) is 24.2. The zero-order chi connectivity index (χ0) is 30.8. The fourth-order valence-corrected chi connectivity index (χ4v) is 4.46. The lowest BCUT2D eigenvalue weighted by molar-refractivity contribution is -0.149. The van der Waals surface area contributed by atoms with E-state index in [1.807, 2.05) is 79.7 Å². The maximum absolute atomic E-state index is 12.1. The van der Waals surface area contributed by atoms with Crippen LogP contribution in [0.15, 0.2) is 24.3 Å². The first-order chi connectivity index (χ1) is 19.1. The lowest BCUT2D eigenvalue weighted by Crippen LogP contribution is -2.15. The van der Waals surface area contributed by atoms with Crippen molar-refractivity contribution in [1.29, 1.82) is 0 Å². The van der Waals surface area contributed by atoms with Crippen molar-refractivity contribution >= 4 is 11.9 Å². The van der Waals surface area contributed by atoms with Gasteiger partial charge in [-0.1, -0.05) is 76.9 Å². The van der Waals surface area contributed by atoms with E-state index in [1.54, 1.807) is 0 Å². The van der Waals surface area contributed by atoms with Crippen LogP contribution >= 0.6 is 0 Å². The normalized spacial score (nSPS) is 11.9. The van der Waals surface area contributed by atoms with Crippen LogP contribution in [0.3, 0.4) is 0 Å². The average Bonchev–Trinajstić information content (AvgIpc) is 2.86. The van der Waals surface area contributed by atoms with E-state index in [-0.39, 0.29) is 80.3 Å². The monoisotopic (exact) mass is 572 g/mol. The second-order valence-corrected chi connectivity index (χ2v) is 12.5. The molecular weight excluding hydrogens is 524 g/mol. The van der Waals surface area contributed by atoms with Crippen molar-refractivity contribution in [2.24, 2.45) is 0 Å². The Morgan fingerprint density at radius 3 is 1.34 bits per heavy atom. The van der Waals surface area contributed by atoms with Gasteiger partial charge >= 0.3 is 11.9 Å². The number of carbonyl (C=O) groups is 2. The molecule has 0 saturated heterocycles. The lowest BCUT2D eigenvalue weighted by atomic mass is 9.83. The fraction of sp³-hybridized carbons (Fsp3) is 0.576. The molecule has 0 unspecified atom stereocenters. The SMILES string of the molecule is Cc1cc(CCC(=O)OCCOCOCCOC(=O)CCc2cc(C)cc(C(C)(C)C)c2O)c(O)c(C(C)(C)C)c1. The molecule has 8 heteroatoms. The molecule has 0 aromatic heterocycles. The number of phenolic OH excluding ortho intramolecular Hbond substituents is 2. The minimum atomic E-state index is -0.367. The van der Waals surface area contributed by atoms with Crippen molar-refractivity contribution in [3.05, 3.63) is 57.6 Å². The van der Waals surface area contributed by atoms with Crippen LogP contribution in [-0.4, -0.2) is 55.4 Å². The molecule has 0 atom stereocenters. The number of aryl methyl sites for hydroxylation is 4. The quantitative estimate of drug-likeness (QED) is 0.162. The van der Waals surface area contributed by atoms with Crippen LogP contribution < -0.4 is 0 Å². The number of aromatic hydroxyl groups is 2. The van der Waals surface area contributed by atoms with Crippen molar-refractivity contribution in [2.75, 3.05) is 33.2 Å². The predicted octanol–water partition coefficient (Wildman–Crippen LogP) is 5.95. The Bertz CT molecular complexity index is 1080. The van der Waals surface area contributed by atoms with E-state index in [0.717, 1.165) is 33.4 Å². The first-order valence-electron chi connectivity index (χ1n) is 14.2. The van der Waals surface area contributed by atoms with Gasteiger partial charge < -0.3 is 29.2 Å². The average molecular weight is 573 g/mol. The van der Waals surface area contributed by atoms with Crippen LogP contribution in [0.5, 0.6) is 11.5 Å².